The van der Waals surface area contributed by atoms with Gasteiger partial charge < -0.3 is 4.74 Å². The lowest BCUT2D eigenvalue weighted by Crippen LogP contribution is -2.00. The summed E-state index contributed by atoms with van der Waals surface area (Å²) in [7, 11) is -1.15. The Labute approximate surface area is 90.1 Å². The second-order valence-corrected chi connectivity index (χ2v) is 5.18. The first-order chi connectivity index (χ1) is 7.12. The van der Waals surface area contributed by atoms with Crippen molar-refractivity contribution in [1.29, 1.82) is 0 Å². The summed E-state index contributed by atoms with van der Waals surface area (Å²) >= 11 is 0. The van der Waals surface area contributed by atoms with Crippen LogP contribution in [0.4, 0.5) is 0 Å². The summed E-state index contributed by atoms with van der Waals surface area (Å²) < 4.78 is 27.9. The Hall–Kier alpha value is -1.04. The van der Waals surface area contributed by atoms with Gasteiger partial charge >= 0.3 is 0 Å². The fourth-order valence-electron chi connectivity index (χ4n) is 1.57. The van der Waals surface area contributed by atoms with Crippen molar-refractivity contribution < 1.29 is 13.8 Å². The maximum Gasteiger partial charge on any atom is 0.127 e. The van der Waals surface area contributed by atoms with E-state index in [-0.39, 0.29) is 0 Å². The van der Waals surface area contributed by atoms with Crippen molar-refractivity contribution in [2.45, 2.75) is 6.42 Å². The Balaban J connectivity index is 2.39. The molecule has 0 radical (unpaired) electrons. The molecule has 0 saturated carbocycles. The Morgan fingerprint density at radius 1 is 1.33 bits per heavy atom. The molecule has 1 heterocycles. The number of hydrogen-bond acceptors (Lipinski definition) is 4. The SMILES string of the molecule is COc1ccccc1C1=NS(O)(O)CC1. The number of para-hydroxylation sites is 1. The van der Waals surface area contributed by atoms with Crippen LogP contribution in [0.15, 0.2) is 28.7 Å². The molecule has 2 rings (SSSR count). The van der Waals surface area contributed by atoms with Crippen molar-refractivity contribution in [3.8, 4) is 5.75 Å². The minimum absolute atomic E-state index is 0.320. The molecule has 5 heteroatoms. The van der Waals surface area contributed by atoms with Crippen LogP contribution in [0.2, 0.25) is 0 Å². The van der Waals surface area contributed by atoms with Crippen LogP contribution in [-0.2, 0) is 0 Å². The summed E-state index contributed by atoms with van der Waals surface area (Å²) in [6, 6.07) is 7.46. The van der Waals surface area contributed by atoms with Gasteiger partial charge in [0.2, 0.25) is 0 Å². The maximum atomic E-state index is 9.40. The average Bonchev–Trinajstić information content (AvgIpc) is 2.59. The Kier molecular flexibility index (Phi) is 2.68. The number of ether oxygens (including phenoxy) is 1. The molecule has 0 aliphatic carbocycles. The van der Waals surface area contributed by atoms with Crippen molar-refractivity contribution in [1.82, 2.24) is 0 Å². The van der Waals surface area contributed by atoms with Gasteiger partial charge in [0, 0.05) is 12.0 Å². The Morgan fingerprint density at radius 2 is 2.07 bits per heavy atom. The van der Waals surface area contributed by atoms with Gasteiger partial charge in [-0.3, -0.25) is 9.11 Å². The van der Waals surface area contributed by atoms with Gasteiger partial charge in [0.15, 0.2) is 0 Å². The summed E-state index contributed by atoms with van der Waals surface area (Å²) in [5, 5.41) is 0. The summed E-state index contributed by atoms with van der Waals surface area (Å²) in [5.41, 5.74) is 1.56. The highest BCUT2D eigenvalue weighted by Crippen LogP contribution is 2.47. The van der Waals surface area contributed by atoms with E-state index in [9.17, 15) is 9.11 Å². The van der Waals surface area contributed by atoms with E-state index >= 15 is 0 Å². The zero-order valence-corrected chi connectivity index (χ0v) is 9.20. The molecule has 0 amide bonds. The lowest BCUT2D eigenvalue weighted by Gasteiger charge is -2.20. The number of hydrogen-bond donors (Lipinski definition) is 2. The number of nitrogens with zero attached hydrogens (tertiary/aromatic N) is 1. The van der Waals surface area contributed by atoms with Crippen molar-refractivity contribution in [3.05, 3.63) is 29.8 Å². The Bertz CT molecular complexity index is 403. The van der Waals surface area contributed by atoms with Gasteiger partial charge in [-0.25, -0.2) is 0 Å². The van der Waals surface area contributed by atoms with Crippen LogP contribution >= 0.6 is 10.8 Å². The fraction of sp³-hybridized carbons (Fsp3) is 0.300. The minimum atomic E-state index is -2.74. The average molecular weight is 227 g/mol. The molecule has 1 aromatic rings. The van der Waals surface area contributed by atoms with Crippen LogP contribution in [-0.4, -0.2) is 27.7 Å². The van der Waals surface area contributed by atoms with Crippen molar-refractivity contribution in [3.63, 3.8) is 0 Å². The first-order valence-electron chi connectivity index (χ1n) is 4.60. The third kappa shape index (κ3) is 2.14. The van der Waals surface area contributed by atoms with Gasteiger partial charge in [0.05, 0.1) is 18.6 Å². The lowest BCUT2D eigenvalue weighted by molar-refractivity contribution is 0.414. The summed E-state index contributed by atoms with van der Waals surface area (Å²) in [5.74, 6) is 1.04. The summed E-state index contributed by atoms with van der Waals surface area (Å²) in [6.07, 6.45) is 0.586. The first-order valence-corrected chi connectivity index (χ1v) is 6.28. The summed E-state index contributed by atoms with van der Waals surface area (Å²) in [4.78, 5) is 0. The molecule has 4 nitrogen and oxygen atoms in total. The quantitative estimate of drug-likeness (QED) is 0.816. The molecule has 1 aromatic carbocycles. The molecule has 0 bridgehead atoms. The van der Waals surface area contributed by atoms with Gasteiger partial charge in [-0.1, -0.05) is 22.9 Å². The number of methoxy groups -OCH3 is 1. The van der Waals surface area contributed by atoms with Gasteiger partial charge in [-0.05, 0) is 12.1 Å². The minimum Gasteiger partial charge on any atom is -0.496 e. The smallest absolute Gasteiger partial charge is 0.127 e. The lowest BCUT2D eigenvalue weighted by atomic mass is 10.1. The van der Waals surface area contributed by atoms with E-state index < -0.39 is 10.8 Å². The number of rotatable bonds is 2. The molecule has 0 aromatic heterocycles. The zero-order chi connectivity index (χ0) is 10.9. The van der Waals surface area contributed by atoms with Gasteiger partial charge in [-0.2, -0.15) is 4.40 Å². The molecule has 1 aliphatic heterocycles. The van der Waals surface area contributed by atoms with Crippen LogP contribution in [0.3, 0.4) is 0 Å². The molecule has 0 spiro atoms. The predicted octanol–water partition coefficient (Wildman–Crippen LogP) is 2.55. The number of benzene rings is 1. The molecule has 2 N–H and O–H groups in total. The predicted molar refractivity (Wildman–Crippen MR) is 61.9 cm³/mol. The summed E-state index contributed by atoms with van der Waals surface area (Å²) in [6.45, 7) is 0. The van der Waals surface area contributed by atoms with E-state index in [1.807, 2.05) is 24.3 Å². The molecule has 0 fully saturated rings. The van der Waals surface area contributed by atoms with Crippen molar-refractivity contribution in [2.24, 2.45) is 4.40 Å². The zero-order valence-electron chi connectivity index (χ0n) is 8.38. The highest BCUT2D eigenvalue weighted by atomic mass is 32.3. The van der Waals surface area contributed by atoms with Gasteiger partial charge in [0.25, 0.3) is 0 Å². The molecule has 0 atom stereocenters. The molecule has 0 unspecified atom stereocenters. The van der Waals surface area contributed by atoms with Crippen LogP contribution in [0.1, 0.15) is 12.0 Å². The second-order valence-electron chi connectivity index (χ2n) is 3.32. The highest BCUT2D eigenvalue weighted by Gasteiger charge is 2.23. The molecule has 82 valence electrons. The van der Waals surface area contributed by atoms with E-state index in [1.54, 1.807) is 7.11 Å². The Morgan fingerprint density at radius 3 is 2.67 bits per heavy atom. The normalized spacial score (nSPS) is 20.9. The third-order valence-corrected chi connectivity index (χ3v) is 3.55. The highest BCUT2D eigenvalue weighted by molar-refractivity contribution is 8.23. The van der Waals surface area contributed by atoms with Crippen LogP contribution < -0.4 is 4.74 Å². The van der Waals surface area contributed by atoms with E-state index in [1.165, 1.54) is 0 Å². The van der Waals surface area contributed by atoms with Gasteiger partial charge in [-0.15, -0.1) is 0 Å². The van der Waals surface area contributed by atoms with Gasteiger partial charge in [0.1, 0.15) is 5.75 Å². The topological polar surface area (TPSA) is 62.0 Å². The van der Waals surface area contributed by atoms with E-state index in [4.69, 9.17) is 4.74 Å². The maximum absolute atomic E-state index is 9.40. The largest absolute Gasteiger partial charge is 0.496 e. The third-order valence-electron chi connectivity index (χ3n) is 2.29. The standard InChI is InChI=1S/C10H13NO3S/c1-14-10-5-3-2-4-8(10)9-6-7-15(12,13)11-9/h2-5,12-13H,6-7H2,1H3. The molecule has 0 saturated heterocycles. The second kappa shape index (κ2) is 3.84. The van der Waals surface area contributed by atoms with E-state index in [0.29, 0.717) is 23.6 Å². The fourth-order valence-corrected chi connectivity index (χ4v) is 2.67. The van der Waals surface area contributed by atoms with Crippen molar-refractivity contribution in [2.75, 3.05) is 12.9 Å². The van der Waals surface area contributed by atoms with E-state index in [2.05, 4.69) is 4.40 Å². The monoisotopic (exact) mass is 227 g/mol. The first kappa shape index (κ1) is 10.5. The van der Waals surface area contributed by atoms with Crippen LogP contribution in [0.25, 0.3) is 0 Å². The molecular formula is C10H13NO3S. The molecular weight excluding hydrogens is 214 g/mol. The molecule has 15 heavy (non-hydrogen) atoms. The molecule has 1 aliphatic rings. The van der Waals surface area contributed by atoms with E-state index in [0.717, 1.165) is 5.56 Å². The van der Waals surface area contributed by atoms with Crippen molar-refractivity contribution >= 4 is 16.5 Å². The van der Waals surface area contributed by atoms with Crippen LogP contribution in [0, 0.1) is 0 Å². The van der Waals surface area contributed by atoms with Crippen LogP contribution in [0.5, 0.6) is 5.75 Å².